The summed E-state index contributed by atoms with van der Waals surface area (Å²) in [6.45, 7) is 2.68. The van der Waals surface area contributed by atoms with Gasteiger partial charge >= 0.3 is 12.0 Å². The van der Waals surface area contributed by atoms with Gasteiger partial charge in [-0.2, -0.15) is 0 Å². The number of carbonyl (C=O) groups is 4. The molecule has 1 aliphatic carbocycles. The van der Waals surface area contributed by atoms with Gasteiger partial charge in [0, 0.05) is 10.7 Å². The Hall–Kier alpha value is -2.61. The number of benzene rings is 1. The Morgan fingerprint density at radius 3 is 2.83 bits per heavy atom. The fourth-order valence-corrected chi connectivity index (χ4v) is 4.05. The summed E-state index contributed by atoms with van der Waals surface area (Å²) in [5, 5.41) is 5.85. The minimum atomic E-state index is -0.933. The van der Waals surface area contributed by atoms with Crippen molar-refractivity contribution in [1.82, 2.24) is 10.2 Å². The molecule has 0 aromatic heterocycles. The Labute approximate surface area is 173 Å². The van der Waals surface area contributed by atoms with E-state index < -0.39 is 42.5 Å². The number of carbonyl (C=O) groups excluding carboxylic acids is 4. The van der Waals surface area contributed by atoms with Crippen molar-refractivity contribution in [2.75, 3.05) is 18.5 Å². The number of anilines is 1. The summed E-state index contributed by atoms with van der Waals surface area (Å²) < 4.78 is 4.95. The highest BCUT2D eigenvalue weighted by Gasteiger charge is 2.55. The molecule has 1 saturated heterocycles. The summed E-state index contributed by atoms with van der Waals surface area (Å²) in [5.41, 5.74) is 0.387. The van der Waals surface area contributed by atoms with E-state index in [1.54, 1.807) is 25.1 Å². The Balaban J connectivity index is 1.54. The number of hydrogen-bond acceptors (Lipinski definition) is 5. The van der Waals surface area contributed by atoms with E-state index in [1.165, 1.54) is 0 Å². The van der Waals surface area contributed by atoms with Crippen molar-refractivity contribution in [3.8, 4) is 0 Å². The smallest absolute Gasteiger partial charge is 0.326 e. The van der Waals surface area contributed by atoms with E-state index in [1.807, 2.05) is 6.92 Å². The Kier molecular flexibility index (Phi) is 6.12. The lowest BCUT2D eigenvalue weighted by Crippen LogP contribution is -2.54. The maximum absolute atomic E-state index is 12.8. The first-order chi connectivity index (χ1) is 13.7. The van der Waals surface area contributed by atoms with Crippen molar-refractivity contribution in [3.05, 3.63) is 28.8 Å². The van der Waals surface area contributed by atoms with Crippen LogP contribution in [0, 0.1) is 12.8 Å². The highest BCUT2D eigenvalue weighted by Crippen LogP contribution is 2.38. The lowest BCUT2D eigenvalue weighted by Gasteiger charge is -2.36. The molecule has 29 heavy (non-hydrogen) atoms. The number of imide groups is 1. The van der Waals surface area contributed by atoms with E-state index in [2.05, 4.69) is 10.6 Å². The summed E-state index contributed by atoms with van der Waals surface area (Å²) in [5.74, 6) is -1.77. The zero-order chi connectivity index (χ0) is 21.2. The van der Waals surface area contributed by atoms with Gasteiger partial charge in [-0.1, -0.05) is 37.4 Å². The van der Waals surface area contributed by atoms with Gasteiger partial charge < -0.3 is 15.4 Å². The number of urea groups is 1. The molecule has 2 fully saturated rings. The van der Waals surface area contributed by atoms with Gasteiger partial charge in [0.1, 0.15) is 12.1 Å². The van der Waals surface area contributed by atoms with E-state index in [9.17, 15) is 19.2 Å². The van der Waals surface area contributed by atoms with E-state index in [0.29, 0.717) is 17.1 Å². The van der Waals surface area contributed by atoms with Gasteiger partial charge in [0.05, 0.1) is 0 Å². The van der Waals surface area contributed by atoms with Crippen LogP contribution in [0.25, 0.3) is 0 Å². The number of rotatable bonds is 5. The summed E-state index contributed by atoms with van der Waals surface area (Å²) in [6, 6.07) is 4.45. The fraction of sp³-hybridized carbons (Fsp3) is 0.500. The van der Waals surface area contributed by atoms with Crippen LogP contribution in [-0.4, -0.2) is 47.4 Å². The molecule has 1 heterocycles. The molecule has 3 rings (SSSR count). The Morgan fingerprint density at radius 2 is 2.10 bits per heavy atom. The van der Waals surface area contributed by atoms with Crippen LogP contribution in [0.2, 0.25) is 5.02 Å². The summed E-state index contributed by atoms with van der Waals surface area (Å²) in [4.78, 5) is 50.2. The maximum Gasteiger partial charge on any atom is 0.326 e. The Morgan fingerprint density at radius 1 is 1.34 bits per heavy atom. The van der Waals surface area contributed by atoms with Crippen LogP contribution in [0.3, 0.4) is 0 Å². The average molecular weight is 422 g/mol. The minimum Gasteiger partial charge on any atom is -0.454 e. The lowest BCUT2D eigenvalue weighted by molar-refractivity contribution is -0.150. The van der Waals surface area contributed by atoms with Crippen LogP contribution in [0.15, 0.2) is 18.2 Å². The molecular weight excluding hydrogens is 398 g/mol. The summed E-state index contributed by atoms with van der Waals surface area (Å²) in [7, 11) is 0. The fourth-order valence-electron chi connectivity index (χ4n) is 3.87. The molecule has 1 aromatic carbocycles. The predicted octanol–water partition coefficient (Wildman–Crippen LogP) is 2.63. The zero-order valence-corrected chi connectivity index (χ0v) is 17.2. The quantitative estimate of drug-likeness (QED) is 0.561. The highest BCUT2D eigenvalue weighted by atomic mass is 35.5. The molecule has 8 nitrogen and oxygen atoms in total. The number of nitrogens with one attached hydrogen (secondary N) is 2. The molecular formula is C20H24ClN3O5. The number of halogens is 1. The normalized spacial score (nSPS) is 23.8. The second-order valence-corrected chi connectivity index (χ2v) is 8.04. The SMILES string of the molecule is Cc1ccc(Cl)cc1NC(=O)COC(=O)CN1C(=O)N[C@]2(CCCC[C@H]2C)C1=O. The molecule has 0 bridgehead atoms. The van der Waals surface area contributed by atoms with Gasteiger partial charge in [0.2, 0.25) is 0 Å². The molecule has 2 N–H and O–H groups in total. The zero-order valence-electron chi connectivity index (χ0n) is 16.4. The molecule has 0 radical (unpaired) electrons. The average Bonchev–Trinajstić information content (AvgIpc) is 2.90. The number of aryl methyl sites for hydroxylation is 1. The number of ether oxygens (including phenoxy) is 1. The van der Waals surface area contributed by atoms with Gasteiger partial charge in [-0.05, 0) is 43.4 Å². The molecule has 2 atom stereocenters. The molecule has 1 spiro atoms. The molecule has 1 saturated carbocycles. The van der Waals surface area contributed by atoms with Crippen LogP contribution in [0.4, 0.5) is 10.5 Å². The number of esters is 1. The van der Waals surface area contributed by atoms with Crippen LogP contribution in [-0.2, 0) is 19.1 Å². The Bertz CT molecular complexity index is 859. The molecule has 1 aromatic rings. The van der Waals surface area contributed by atoms with E-state index in [4.69, 9.17) is 16.3 Å². The first-order valence-corrected chi connectivity index (χ1v) is 9.96. The first kappa shape index (κ1) is 21.1. The van der Waals surface area contributed by atoms with Crippen molar-refractivity contribution in [2.45, 2.75) is 45.1 Å². The standard InChI is InChI=1S/C20H24ClN3O5/c1-12-6-7-14(21)9-15(12)22-16(25)11-29-17(26)10-24-18(27)20(23-19(24)28)8-4-3-5-13(20)2/h6-7,9,13H,3-5,8,10-11H2,1-2H3,(H,22,25)(H,23,28)/t13-,20+/m1/s1. The number of nitrogens with zero attached hydrogens (tertiary/aromatic N) is 1. The minimum absolute atomic E-state index is 0.000402. The third kappa shape index (κ3) is 4.37. The molecule has 1 aliphatic heterocycles. The number of amides is 4. The van der Waals surface area contributed by atoms with Crippen LogP contribution in [0.5, 0.6) is 0 Å². The third-order valence-electron chi connectivity index (χ3n) is 5.63. The molecule has 156 valence electrons. The molecule has 0 unspecified atom stereocenters. The van der Waals surface area contributed by atoms with Gasteiger partial charge in [0.25, 0.3) is 11.8 Å². The van der Waals surface area contributed by atoms with Gasteiger partial charge in [-0.25, -0.2) is 4.79 Å². The molecule has 4 amide bonds. The topological polar surface area (TPSA) is 105 Å². The van der Waals surface area contributed by atoms with Gasteiger partial charge in [-0.3, -0.25) is 19.3 Å². The van der Waals surface area contributed by atoms with Crippen LogP contribution >= 0.6 is 11.6 Å². The van der Waals surface area contributed by atoms with E-state index in [0.717, 1.165) is 29.7 Å². The second-order valence-electron chi connectivity index (χ2n) is 7.61. The van der Waals surface area contributed by atoms with Gasteiger partial charge in [0.15, 0.2) is 6.61 Å². The number of hydrogen-bond donors (Lipinski definition) is 2. The largest absolute Gasteiger partial charge is 0.454 e. The summed E-state index contributed by atoms with van der Waals surface area (Å²) in [6.07, 6.45) is 3.26. The van der Waals surface area contributed by atoms with Crippen molar-refractivity contribution < 1.29 is 23.9 Å². The maximum atomic E-state index is 12.8. The van der Waals surface area contributed by atoms with E-state index in [-0.39, 0.29) is 5.92 Å². The molecule has 2 aliphatic rings. The van der Waals surface area contributed by atoms with Crippen molar-refractivity contribution in [2.24, 2.45) is 5.92 Å². The van der Waals surface area contributed by atoms with Crippen molar-refractivity contribution in [1.29, 1.82) is 0 Å². The predicted molar refractivity (Wildman–Crippen MR) is 106 cm³/mol. The second kappa shape index (κ2) is 8.41. The van der Waals surface area contributed by atoms with E-state index >= 15 is 0 Å². The van der Waals surface area contributed by atoms with Crippen molar-refractivity contribution in [3.63, 3.8) is 0 Å². The first-order valence-electron chi connectivity index (χ1n) is 9.58. The molecule has 9 heteroatoms. The lowest BCUT2D eigenvalue weighted by atomic mass is 9.73. The monoisotopic (exact) mass is 421 g/mol. The van der Waals surface area contributed by atoms with Crippen LogP contribution in [0.1, 0.15) is 38.2 Å². The third-order valence-corrected chi connectivity index (χ3v) is 5.86. The summed E-state index contributed by atoms with van der Waals surface area (Å²) >= 11 is 5.91. The van der Waals surface area contributed by atoms with Crippen molar-refractivity contribution >= 4 is 41.1 Å². The van der Waals surface area contributed by atoms with Gasteiger partial charge in [-0.15, -0.1) is 0 Å². The highest BCUT2D eigenvalue weighted by molar-refractivity contribution is 6.31. The van der Waals surface area contributed by atoms with Crippen LogP contribution < -0.4 is 10.6 Å².